The molecule has 0 radical (unpaired) electrons. The van der Waals surface area contributed by atoms with E-state index in [1.807, 2.05) is 24.3 Å². The lowest BCUT2D eigenvalue weighted by Crippen LogP contribution is -1.95. The molecule has 0 unspecified atom stereocenters. The summed E-state index contributed by atoms with van der Waals surface area (Å²) in [5.74, 6) is 1.00. The number of rotatable bonds is 3. The van der Waals surface area contributed by atoms with E-state index in [4.69, 9.17) is 4.74 Å². The number of benzene rings is 1. The van der Waals surface area contributed by atoms with Crippen molar-refractivity contribution in [2.75, 3.05) is 7.11 Å². The highest BCUT2D eigenvalue weighted by atomic mass is 16.5. The van der Waals surface area contributed by atoms with Gasteiger partial charge < -0.3 is 4.74 Å². The summed E-state index contributed by atoms with van der Waals surface area (Å²) in [7, 11) is 1.62. The number of hydrogen-bond acceptors (Lipinski definition) is 2. The van der Waals surface area contributed by atoms with Crippen LogP contribution in [0, 0.1) is 0 Å². The van der Waals surface area contributed by atoms with Crippen molar-refractivity contribution >= 4 is 5.78 Å². The predicted molar refractivity (Wildman–Crippen MR) is 47.4 cm³/mol. The summed E-state index contributed by atoms with van der Waals surface area (Å²) < 4.78 is 4.99. The van der Waals surface area contributed by atoms with Gasteiger partial charge in [-0.15, -0.1) is 0 Å². The van der Waals surface area contributed by atoms with Crippen molar-refractivity contribution in [3.05, 3.63) is 29.8 Å². The molecule has 0 aromatic heterocycles. The van der Waals surface area contributed by atoms with Gasteiger partial charge in [-0.05, 0) is 24.6 Å². The SMILES string of the molecule is CO[13c]1[13cH][13cH][13c](CC(C)=O)[13cH][13cH]1. The van der Waals surface area contributed by atoms with Crippen LogP contribution in [0.25, 0.3) is 0 Å². The number of ether oxygens (including phenoxy) is 1. The lowest BCUT2D eigenvalue weighted by molar-refractivity contribution is -0.116. The molecule has 64 valence electrons. The Labute approximate surface area is 72.2 Å². The van der Waals surface area contributed by atoms with Crippen LogP contribution in [0.4, 0.5) is 0 Å². The van der Waals surface area contributed by atoms with E-state index in [0.29, 0.717) is 6.42 Å². The van der Waals surface area contributed by atoms with Gasteiger partial charge in [-0.25, -0.2) is 0 Å². The number of Topliss-reactive ketones (excluding diaryl/α,β-unsaturated/α-hetero) is 1. The van der Waals surface area contributed by atoms with E-state index >= 15 is 0 Å². The van der Waals surface area contributed by atoms with E-state index in [-0.39, 0.29) is 5.78 Å². The molecule has 2 heteroatoms. The van der Waals surface area contributed by atoms with Gasteiger partial charge in [-0.3, -0.25) is 4.79 Å². The van der Waals surface area contributed by atoms with Crippen molar-refractivity contribution in [1.82, 2.24) is 0 Å². The fraction of sp³-hybridized carbons (Fsp3) is 0.300. The number of methoxy groups -OCH3 is 1. The zero-order valence-corrected chi connectivity index (χ0v) is 7.33. The molecule has 1 rings (SSSR count). The largest absolute Gasteiger partial charge is 0.497 e. The molecule has 0 heterocycles. The molecule has 0 aliphatic carbocycles. The fourth-order valence-corrected chi connectivity index (χ4v) is 1.03. The third-order valence-corrected chi connectivity index (χ3v) is 1.61. The molecule has 12 heavy (non-hydrogen) atoms. The minimum absolute atomic E-state index is 0.181. The molecule has 1 aromatic rings. The van der Waals surface area contributed by atoms with Crippen molar-refractivity contribution in [2.45, 2.75) is 13.3 Å². The summed E-state index contributed by atoms with van der Waals surface area (Å²) in [4.78, 5) is 10.7. The van der Waals surface area contributed by atoms with Gasteiger partial charge in [-0.2, -0.15) is 0 Å². The van der Waals surface area contributed by atoms with Gasteiger partial charge in [-0.1, -0.05) is 12.1 Å². The second-order valence-corrected chi connectivity index (χ2v) is 2.73. The zero-order chi connectivity index (χ0) is 8.97. The number of hydrogen-bond donors (Lipinski definition) is 0. The van der Waals surface area contributed by atoms with Crippen LogP contribution in [0.15, 0.2) is 24.3 Å². The van der Waals surface area contributed by atoms with E-state index < -0.39 is 0 Å². The maximum atomic E-state index is 10.7. The van der Waals surface area contributed by atoms with Crippen LogP contribution in [-0.2, 0) is 11.2 Å². The quantitative estimate of drug-likeness (QED) is 0.691. The van der Waals surface area contributed by atoms with Gasteiger partial charge in [0.1, 0.15) is 11.5 Å². The smallest absolute Gasteiger partial charge is 0.134 e. The Balaban J connectivity index is 2.71. The van der Waals surface area contributed by atoms with Crippen molar-refractivity contribution in [2.24, 2.45) is 0 Å². The third-order valence-electron chi connectivity index (χ3n) is 1.61. The monoisotopic (exact) mass is 170 g/mol. The van der Waals surface area contributed by atoms with Crippen molar-refractivity contribution < 1.29 is 9.53 Å². The van der Waals surface area contributed by atoms with E-state index in [0.717, 1.165) is 11.3 Å². The molecule has 0 aliphatic heterocycles. The summed E-state index contributed by atoms with van der Waals surface area (Å²) >= 11 is 0. The van der Waals surface area contributed by atoms with Crippen molar-refractivity contribution in [1.29, 1.82) is 0 Å². The molecule has 0 fully saturated rings. The molecule has 0 aliphatic rings. The van der Waals surface area contributed by atoms with Crippen LogP contribution in [0.2, 0.25) is 0 Å². The summed E-state index contributed by atoms with van der Waals surface area (Å²) in [6, 6.07) is 7.52. The second kappa shape index (κ2) is 3.90. The van der Waals surface area contributed by atoms with E-state index in [9.17, 15) is 4.79 Å². The highest BCUT2D eigenvalue weighted by molar-refractivity contribution is 5.78. The highest BCUT2D eigenvalue weighted by Gasteiger charge is 1.96. The minimum atomic E-state index is 0.181. The minimum Gasteiger partial charge on any atom is -0.497 e. The molecule has 0 atom stereocenters. The second-order valence-electron chi connectivity index (χ2n) is 2.73. The summed E-state index contributed by atoms with van der Waals surface area (Å²) in [5.41, 5.74) is 1.03. The average Bonchev–Trinajstić information content (AvgIpc) is 2.05. The number of carbonyl (C=O) groups excluding carboxylic acids is 1. The third kappa shape index (κ3) is 2.38. The first-order chi connectivity index (χ1) is 5.72. The average molecular weight is 170 g/mol. The molecule has 0 bridgehead atoms. The van der Waals surface area contributed by atoms with E-state index in [1.165, 1.54) is 0 Å². The Hall–Kier alpha value is -1.31. The van der Waals surface area contributed by atoms with Gasteiger partial charge in [0.25, 0.3) is 0 Å². The van der Waals surface area contributed by atoms with Crippen LogP contribution in [0.1, 0.15) is 12.5 Å². The Morgan fingerprint density at radius 1 is 1.33 bits per heavy atom. The highest BCUT2D eigenvalue weighted by Crippen LogP contribution is 2.11. The molecule has 0 saturated heterocycles. The first kappa shape index (κ1) is 8.78. The number of ketones is 1. The molecular formula is C10H12O2. The molecule has 0 amide bonds. The van der Waals surface area contributed by atoms with Crippen LogP contribution in [0.5, 0.6) is 5.75 Å². The Morgan fingerprint density at radius 3 is 2.33 bits per heavy atom. The molecule has 0 N–H and O–H groups in total. The predicted octanol–water partition coefficient (Wildman–Crippen LogP) is 1.83. The normalized spacial score (nSPS) is 9.50. The van der Waals surface area contributed by atoms with Crippen LogP contribution in [0.3, 0.4) is 0 Å². The van der Waals surface area contributed by atoms with Gasteiger partial charge >= 0.3 is 0 Å². The first-order valence-corrected chi connectivity index (χ1v) is 3.84. The lowest BCUT2D eigenvalue weighted by atomic mass is 10.4. The van der Waals surface area contributed by atoms with Crippen LogP contribution in [-0.4, -0.2) is 12.9 Å². The van der Waals surface area contributed by atoms with Gasteiger partial charge in [0.2, 0.25) is 0 Å². The van der Waals surface area contributed by atoms with Crippen LogP contribution >= 0.6 is 0 Å². The lowest BCUT2D eigenvalue weighted by Gasteiger charge is -2.00. The molecule has 2 nitrogen and oxygen atoms in total. The standard InChI is InChI=1S/C10H12O2/c1-8(11)7-9-3-5-10(12-2)6-4-9/h3-6H,7H2,1-2H3/i3+1,4+1,5+1,6+1,9+1,10+1. The van der Waals surface area contributed by atoms with Crippen molar-refractivity contribution in [3.63, 3.8) is 0 Å². The summed E-state index contributed by atoms with van der Waals surface area (Å²) in [5, 5.41) is 0. The number of carbonyl (C=O) groups is 1. The van der Waals surface area contributed by atoms with E-state index in [2.05, 4.69) is 0 Å². The van der Waals surface area contributed by atoms with Gasteiger partial charge in [0.15, 0.2) is 0 Å². The molecule has 0 saturated carbocycles. The molecular weight excluding hydrogens is 158 g/mol. The maximum absolute atomic E-state index is 10.7. The van der Waals surface area contributed by atoms with Crippen molar-refractivity contribution in [3.8, 4) is 5.75 Å². The Kier molecular flexibility index (Phi) is 2.86. The Bertz CT molecular complexity index is 262. The van der Waals surface area contributed by atoms with E-state index in [1.54, 1.807) is 14.0 Å². The zero-order valence-electron chi connectivity index (χ0n) is 7.33. The maximum Gasteiger partial charge on any atom is 0.134 e. The first-order valence-electron chi connectivity index (χ1n) is 3.84. The fourth-order valence-electron chi connectivity index (χ4n) is 1.03. The Morgan fingerprint density at radius 2 is 1.92 bits per heavy atom. The summed E-state index contributed by atoms with van der Waals surface area (Å²) in [6.07, 6.45) is 0.504. The molecule has 0 spiro atoms. The van der Waals surface area contributed by atoms with Gasteiger partial charge in [0, 0.05) is 6.42 Å². The summed E-state index contributed by atoms with van der Waals surface area (Å²) in [6.45, 7) is 1.59. The topological polar surface area (TPSA) is 26.3 Å². The molecule has 1 aromatic carbocycles. The van der Waals surface area contributed by atoms with Gasteiger partial charge in [0.05, 0.1) is 7.11 Å². The van der Waals surface area contributed by atoms with Crippen LogP contribution < -0.4 is 4.74 Å².